The second kappa shape index (κ2) is 7.77. The number of hydrogen-bond donors (Lipinski definition) is 1. The SMILES string of the molecule is CCCCCCCC[C@@H]1C[C@H](C(=O)O)N1S(=O)(=O)C(C)(C)C. The number of aliphatic carboxylic acids is 1. The first kappa shape index (κ1) is 19.4. The van der Waals surface area contributed by atoms with Gasteiger partial charge in [-0.05, 0) is 33.6 Å². The summed E-state index contributed by atoms with van der Waals surface area (Å²) in [5.74, 6) is -1.04. The molecule has 0 aromatic rings. The van der Waals surface area contributed by atoms with Crippen molar-refractivity contribution >= 4 is 16.0 Å². The molecule has 0 radical (unpaired) electrons. The van der Waals surface area contributed by atoms with Gasteiger partial charge >= 0.3 is 5.97 Å². The van der Waals surface area contributed by atoms with Gasteiger partial charge in [-0.15, -0.1) is 0 Å². The zero-order chi connectivity index (χ0) is 17.0. The van der Waals surface area contributed by atoms with Crippen molar-refractivity contribution in [2.24, 2.45) is 0 Å². The molecule has 0 bridgehead atoms. The highest BCUT2D eigenvalue weighted by atomic mass is 32.2. The number of carboxylic acid groups (broad SMARTS) is 1. The largest absolute Gasteiger partial charge is 0.480 e. The van der Waals surface area contributed by atoms with Crippen LogP contribution in [0, 0.1) is 0 Å². The molecule has 0 aromatic heterocycles. The third-order valence-electron chi connectivity index (χ3n) is 4.39. The molecule has 1 heterocycles. The Bertz CT molecular complexity index is 467. The van der Waals surface area contributed by atoms with Gasteiger partial charge in [0.1, 0.15) is 6.04 Å². The molecule has 0 spiro atoms. The molecule has 6 heteroatoms. The Balaban J connectivity index is 2.59. The molecule has 1 fully saturated rings. The summed E-state index contributed by atoms with van der Waals surface area (Å²) in [6, 6.07) is -1.02. The monoisotopic (exact) mass is 333 g/mol. The smallest absolute Gasteiger partial charge is 0.322 e. The molecular formula is C16H31NO4S. The topological polar surface area (TPSA) is 74.7 Å². The van der Waals surface area contributed by atoms with Crippen molar-refractivity contribution in [1.82, 2.24) is 4.31 Å². The van der Waals surface area contributed by atoms with Gasteiger partial charge in [-0.25, -0.2) is 8.42 Å². The first-order valence-corrected chi connectivity index (χ1v) is 9.82. The van der Waals surface area contributed by atoms with E-state index in [4.69, 9.17) is 0 Å². The molecule has 1 saturated heterocycles. The van der Waals surface area contributed by atoms with Gasteiger partial charge in [-0.2, -0.15) is 4.31 Å². The van der Waals surface area contributed by atoms with Gasteiger partial charge in [-0.3, -0.25) is 4.79 Å². The van der Waals surface area contributed by atoms with Crippen LogP contribution in [0.1, 0.15) is 79.1 Å². The molecule has 0 amide bonds. The average molecular weight is 333 g/mol. The van der Waals surface area contributed by atoms with Crippen molar-refractivity contribution in [3.05, 3.63) is 0 Å². The average Bonchev–Trinajstić information content (AvgIpc) is 2.33. The summed E-state index contributed by atoms with van der Waals surface area (Å²) in [4.78, 5) is 11.3. The molecular weight excluding hydrogens is 302 g/mol. The van der Waals surface area contributed by atoms with E-state index in [1.165, 1.54) is 30.0 Å². The highest BCUT2D eigenvalue weighted by Gasteiger charge is 2.52. The van der Waals surface area contributed by atoms with Gasteiger partial charge < -0.3 is 5.11 Å². The van der Waals surface area contributed by atoms with Gasteiger partial charge in [0.25, 0.3) is 0 Å². The van der Waals surface area contributed by atoms with Crippen molar-refractivity contribution in [3.63, 3.8) is 0 Å². The molecule has 0 aromatic carbocycles. The summed E-state index contributed by atoms with van der Waals surface area (Å²) in [7, 11) is -3.58. The third-order valence-corrected chi connectivity index (χ3v) is 7.05. The van der Waals surface area contributed by atoms with Crippen molar-refractivity contribution in [2.45, 2.75) is 95.9 Å². The minimum Gasteiger partial charge on any atom is -0.480 e. The molecule has 22 heavy (non-hydrogen) atoms. The van der Waals surface area contributed by atoms with Gasteiger partial charge in [0.05, 0.1) is 4.75 Å². The van der Waals surface area contributed by atoms with Crippen molar-refractivity contribution in [1.29, 1.82) is 0 Å². The summed E-state index contributed by atoms with van der Waals surface area (Å²) in [5.41, 5.74) is 0. The molecule has 0 aliphatic carbocycles. The van der Waals surface area contributed by atoms with Crippen molar-refractivity contribution < 1.29 is 18.3 Å². The molecule has 130 valence electrons. The maximum Gasteiger partial charge on any atom is 0.322 e. The van der Waals surface area contributed by atoms with Crippen LogP contribution in [0.25, 0.3) is 0 Å². The van der Waals surface area contributed by atoms with Crippen LogP contribution in [-0.4, -0.2) is 40.6 Å². The fraction of sp³-hybridized carbons (Fsp3) is 0.938. The lowest BCUT2D eigenvalue weighted by Gasteiger charge is -2.47. The van der Waals surface area contributed by atoms with Crippen LogP contribution in [0.5, 0.6) is 0 Å². The minimum absolute atomic E-state index is 0.142. The van der Waals surface area contributed by atoms with Crippen LogP contribution in [0.2, 0.25) is 0 Å². The van der Waals surface area contributed by atoms with Crippen molar-refractivity contribution in [2.75, 3.05) is 0 Å². The maximum absolute atomic E-state index is 12.6. The van der Waals surface area contributed by atoms with Gasteiger partial charge in [-0.1, -0.05) is 45.4 Å². The van der Waals surface area contributed by atoms with Crippen LogP contribution in [0.3, 0.4) is 0 Å². The predicted octanol–water partition coefficient (Wildman–Crippen LogP) is 3.39. The van der Waals surface area contributed by atoms with Gasteiger partial charge in [0.2, 0.25) is 10.0 Å². The van der Waals surface area contributed by atoms with E-state index in [-0.39, 0.29) is 6.04 Å². The number of hydrogen-bond acceptors (Lipinski definition) is 3. The molecule has 1 aliphatic heterocycles. The predicted molar refractivity (Wildman–Crippen MR) is 88.3 cm³/mol. The van der Waals surface area contributed by atoms with E-state index in [1.807, 2.05) is 0 Å². The Hall–Kier alpha value is -0.620. The summed E-state index contributed by atoms with van der Waals surface area (Å²) in [6.45, 7) is 7.06. The highest BCUT2D eigenvalue weighted by Crippen LogP contribution is 2.37. The lowest BCUT2D eigenvalue weighted by atomic mass is 9.92. The van der Waals surface area contributed by atoms with Crippen molar-refractivity contribution in [3.8, 4) is 0 Å². The fourth-order valence-electron chi connectivity index (χ4n) is 2.88. The van der Waals surface area contributed by atoms with E-state index in [0.717, 1.165) is 19.3 Å². The Morgan fingerprint density at radius 2 is 1.68 bits per heavy atom. The summed E-state index contributed by atoms with van der Waals surface area (Å²) < 4.78 is 25.5. The second-order valence-corrected chi connectivity index (χ2v) is 9.84. The number of unbranched alkanes of at least 4 members (excludes halogenated alkanes) is 5. The van der Waals surface area contributed by atoms with Gasteiger partial charge in [0.15, 0.2) is 0 Å². The zero-order valence-corrected chi connectivity index (χ0v) is 15.2. The van der Waals surface area contributed by atoms with Gasteiger partial charge in [0, 0.05) is 6.04 Å². The number of rotatable bonds is 9. The summed E-state index contributed by atoms with van der Waals surface area (Å²) >= 11 is 0. The molecule has 0 unspecified atom stereocenters. The molecule has 5 nitrogen and oxygen atoms in total. The maximum atomic E-state index is 12.6. The number of nitrogens with zero attached hydrogens (tertiary/aromatic N) is 1. The summed E-state index contributed by atoms with van der Waals surface area (Å²) in [5, 5.41) is 9.21. The molecule has 0 saturated carbocycles. The Morgan fingerprint density at radius 1 is 1.14 bits per heavy atom. The molecule has 1 N–H and O–H groups in total. The molecule has 1 rings (SSSR count). The standard InChI is InChI=1S/C16H31NO4S/c1-5-6-7-8-9-10-11-13-12-14(15(18)19)17(13)22(20,21)16(2,3)4/h13-14H,5-12H2,1-4H3,(H,18,19)/t13-,14-/m1/s1. The minimum atomic E-state index is -3.58. The van der Waals surface area contributed by atoms with Crippen LogP contribution in [-0.2, 0) is 14.8 Å². The summed E-state index contributed by atoms with van der Waals surface area (Å²) in [6.07, 6.45) is 8.13. The van der Waals surface area contributed by atoms with Crippen LogP contribution < -0.4 is 0 Å². The van der Waals surface area contributed by atoms with E-state index in [9.17, 15) is 18.3 Å². The molecule has 2 atom stereocenters. The second-order valence-electron chi connectivity index (χ2n) is 7.25. The highest BCUT2D eigenvalue weighted by molar-refractivity contribution is 7.90. The number of carbonyl (C=O) groups is 1. The first-order chi connectivity index (χ1) is 10.1. The van der Waals surface area contributed by atoms with Crippen LogP contribution in [0.15, 0.2) is 0 Å². The van der Waals surface area contributed by atoms with E-state index in [2.05, 4.69) is 6.92 Å². The number of sulfonamides is 1. The number of carboxylic acids is 1. The Labute approximate surface area is 135 Å². The lowest BCUT2D eigenvalue weighted by molar-refractivity contribution is -0.147. The zero-order valence-electron chi connectivity index (χ0n) is 14.3. The van der Waals surface area contributed by atoms with Crippen LogP contribution >= 0.6 is 0 Å². The quantitative estimate of drug-likeness (QED) is 0.656. The van der Waals surface area contributed by atoms with E-state index >= 15 is 0 Å². The Kier molecular flexibility index (Phi) is 6.86. The fourth-order valence-corrected chi connectivity index (χ4v) is 4.60. The van der Waals surface area contributed by atoms with E-state index < -0.39 is 26.8 Å². The molecule has 1 aliphatic rings. The lowest BCUT2D eigenvalue weighted by Crippen LogP contribution is -2.64. The van der Waals surface area contributed by atoms with E-state index in [1.54, 1.807) is 20.8 Å². The van der Waals surface area contributed by atoms with Crippen LogP contribution in [0.4, 0.5) is 0 Å². The van der Waals surface area contributed by atoms with E-state index in [0.29, 0.717) is 6.42 Å². The Morgan fingerprint density at radius 3 is 2.18 bits per heavy atom. The third kappa shape index (κ3) is 4.44. The first-order valence-electron chi connectivity index (χ1n) is 8.38. The normalized spacial score (nSPS) is 23.3.